The lowest BCUT2D eigenvalue weighted by molar-refractivity contribution is -0.121. The largest absolute Gasteiger partial charge is 0.454 e. The number of ether oxygens (including phenoxy) is 2. The van der Waals surface area contributed by atoms with Gasteiger partial charge in [-0.2, -0.15) is 5.26 Å². The second-order valence-electron chi connectivity index (χ2n) is 5.48. The number of ketones is 1. The van der Waals surface area contributed by atoms with Crippen LogP contribution in [-0.2, 0) is 4.79 Å². The zero-order valence-corrected chi connectivity index (χ0v) is 12.2. The number of hydrogen-bond acceptors (Lipinski definition) is 4. The second kappa shape index (κ2) is 5.18. The van der Waals surface area contributed by atoms with Gasteiger partial charge in [0.15, 0.2) is 17.3 Å². The summed E-state index contributed by atoms with van der Waals surface area (Å²) in [5.74, 6) is 0.891. The van der Waals surface area contributed by atoms with Crippen molar-refractivity contribution >= 4 is 23.5 Å². The van der Waals surface area contributed by atoms with Gasteiger partial charge in [-0.25, -0.2) is 0 Å². The molecule has 0 spiro atoms. The number of carbonyl (C=O) groups excluding carboxylic acids is 1. The zero-order valence-electron chi connectivity index (χ0n) is 11.5. The Morgan fingerprint density at radius 2 is 1.95 bits per heavy atom. The van der Waals surface area contributed by atoms with Gasteiger partial charge in [-0.3, -0.25) is 4.79 Å². The van der Waals surface area contributed by atoms with Crippen molar-refractivity contribution in [2.24, 2.45) is 5.41 Å². The lowest BCUT2D eigenvalue weighted by Crippen LogP contribution is -2.21. The van der Waals surface area contributed by atoms with Crippen LogP contribution in [-0.4, -0.2) is 12.6 Å². The first kappa shape index (κ1) is 14.4. The van der Waals surface area contributed by atoms with Crippen LogP contribution in [0, 0.1) is 16.7 Å². The van der Waals surface area contributed by atoms with Crippen molar-refractivity contribution in [3.8, 4) is 17.6 Å². The van der Waals surface area contributed by atoms with Crippen molar-refractivity contribution in [3.05, 3.63) is 28.3 Å². The van der Waals surface area contributed by atoms with Crippen molar-refractivity contribution in [3.63, 3.8) is 0 Å². The van der Waals surface area contributed by atoms with Gasteiger partial charge < -0.3 is 9.47 Å². The van der Waals surface area contributed by atoms with Gasteiger partial charge in [-0.1, -0.05) is 32.4 Å². The minimum absolute atomic E-state index is 0.0678. The number of halogens is 1. The number of carbonyl (C=O) groups is 1. The summed E-state index contributed by atoms with van der Waals surface area (Å²) in [6.07, 6.45) is 1.48. The van der Waals surface area contributed by atoms with E-state index in [1.807, 2.05) is 6.07 Å². The van der Waals surface area contributed by atoms with Gasteiger partial charge in [0, 0.05) is 11.5 Å². The van der Waals surface area contributed by atoms with Gasteiger partial charge in [-0.15, -0.1) is 0 Å². The Kier molecular flexibility index (Phi) is 3.74. The van der Waals surface area contributed by atoms with Crippen LogP contribution in [0.4, 0.5) is 0 Å². The first-order valence-electron chi connectivity index (χ1n) is 6.08. The van der Waals surface area contributed by atoms with Crippen molar-refractivity contribution in [1.29, 1.82) is 5.26 Å². The Morgan fingerprint density at radius 3 is 2.50 bits per heavy atom. The van der Waals surface area contributed by atoms with Crippen molar-refractivity contribution in [2.75, 3.05) is 6.79 Å². The van der Waals surface area contributed by atoms with Crippen molar-refractivity contribution in [1.82, 2.24) is 0 Å². The quantitative estimate of drug-likeness (QED) is 0.617. The summed E-state index contributed by atoms with van der Waals surface area (Å²) in [6, 6.07) is 5.21. The standard InChI is InChI=1S/C15H14ClNO3/c1-15(2,3)14(18)10(7-17)4-9-5-12-13(6-11(9)16)20-8-19-12/h4-6H,8H2,1-3H3. The summed E-state index contributed by atoms with van der Waals surface area (Å²) < 4.78 is 10.5. The van der Waals surface area contributed by atoms with E-state index >= 15 is 0 Å². The number of rotatable bonds is 2. The molecule has 0 amide bonds. The maximum absolute atomic E-state index is 12.2. The van der Waals surface area contributed by atoms with Crippen molar-refractivity contribution in [2.45, 2.75) is 20.8 Å². The maximum Gasteiger partial charge on any atom is 0.231 e. The molecule has 0 N–H and O–H groups in total. The predicted molar refractivity (Wildman–Crippen MR) is 75.6 cm³/mol. The van der Waals surface area contributed by atoms with E-state index in [1.54, 1.807) is 32.9 Å². The Labute approximate surface area is 122 Å². The molecule has 0 radical (unpaired) electrons. The van der Waals surface area contributed by atoms with E-state index in [4.69, 9.17) is 26.3 Å². The Balaban J connectivity index is 2.44. The molecule has 1 aliphatic heterocycles. The van der Waals surface area contributed by atoms with Crippen LogP contribution < -0.4 is 9.47 Å². The van der Waals surface area contributed by atoms with E-state index in [-0.39, 0.29) is 18.1 Å². The third kappa shape index (κ3) is 2.78. The Hall–Kier alpha value is -1.99. The molecule has 1 heterocycles. The molecule has 20 heavy (non-hydrogen) atoms. The van der Waals surface area contributed by atoms with E-state index in [1.165, 1.54) is 6.08 Å². The van der Waals surface area contributed by atoms with Crippen LogP contribution in [0.15, 0.2) is 17.7 Å². The first-order chi connectivity index (χ1) is 9.32. The molecule has 0 saturated heterocycles. The molecule has 4 nitrogen and oxygen atoms in total. The monoisotopic (exact) mass is 291 g/mol. The van der Waals surface area contributed by atoms with Crippen molar-refractivity contribution < 1.29 is 14.3 Å². The highest BCUT2D eigenvalue weighted by Crippen LogP contribution is 2.37. The molecule has 0 bridgehead atoms. The number of Topliss-reactive ketones (excluding diaryl/α,β-unsaturated/α-hetero) is 1. The summed E-state index contributed by atoms with van der Waals surface area (Å²) in [4.78, 5) is 12.2. The Bertz CT molecular complexity index is 636. The van der Waals surface area contributed by atoms with Gasteiger partial charge in [0.2, 0.25) is 6.79 Å². The predicted octanol–water partition coefficient (Wildman–Crippen LogP) is 3.59. The number of nitrogens with zero attached hydrogens (tertiary/aromatic N) is 1. The summed E-state index contributed by atoms with van der Waals surface area (Å²) in [5, 5.41) is 9.57. The summed E-state index contributed by atoms with van der Waals surface area (Å²) in [5.41, 5.74) is 0.00743. The van der Waals surface area contributed by atoms with Gasteiger partial charge >= 0.3 is 0 Å². The highest BCUT2D eigenvalue weighted by atomic mass is 35.5. The van der Waals surface area contributed by atoms with Gasteiger partial charge in [0.25, 0.3) is 0 Å². The van der Waals surface area contributed by atoms with E-state index in [0.29, 0.717) is 22.1 Å². The molecule has 5 heteroatoms. The van der Waals surface area contributed by atoms with Crippen LogP contribution in [0.3, 0.4) is 0 Å². The topological polar surface area (TPSA) is 59.3 Å². The summed E-state index contributed by atoms with van der Waals surface area (Å²) >= 11 is 6.13. The lowest BCUT2D eigenvalue weighted by Gasteiger charge is -2.15. The second-order valence-corrected chi connectivity index (χ2v) is 5.88. The third-order valence-electron chi connectivity index (χ3n) is 2.84. The Morgan fingerprint density at radius 1 is 1.35 bits per heavy atom. The molecule has 2 rings (SSSR count). The molecular weight excluding hydrogens is 278 g/mol. The molecule has 0 saturated carbocycles. The number of allylic oxidation sites excluding steroid dienone is 1. The first-order valence-corrected chi connectivity index (χ1v) is 6.46. The fraction of sp³-hybridized carbons (Fsp3) is 0.333. The lowest BCUT2D eigenvalue weighted by atomic mass is 9.86. The van der Waals surface area contributed by atoms with E-state index in [9.17, 15) is 4.79 Å². The number of benzene rings is 1. The van der Waals surface area contributed by atoms with Crippen LogP contribution in [0.5, 0.6) is 11.5 Å². The molecule has 0 unspecified atom stereocenters. The van der Waals surface area contributed by atoms with Crippen LogP contribution in [0.2, 0.25) is 5.02 Å². The number of nitriles is 1. The van der Waals surface area contributed by atoms with E-state index in [2.05, 4.69) is 0 Å². The minimum Gasteiger partial charge on any atom is -0.454 e. The fourth-order valence-corrected chi connectivity index (χ4v) is 1.96. The van der Waals surface area contributed by atoms with Gasteiger partial charge in [0.05, 0.1) is 10.6 Å². The summed E-state index contributed by atoms with van der Waals surface area (Å²) in [7, 11) is 0. The molecular formula is C15H14ClNO3. The molecule has 1 aromatic carbocycles. The van der Waals surface area contributed by atoms with Crippen LogP contribution in [0.25, 0.3) is 6.08 Å². The molecule has 0 aliphatic carbocycles. The number of fused-ring (bicyclic) bond motifs is 1. The SMILES string of the molecule is CC(C)(C)C(=O)C(C#N)=Cc1cc2c(cc1Cl)OCO2. The molecule has 1 aromatic rings. The average Bonchev–Trinajstić information content (AvgIpc) is 2.80. The molecule has 104 valence electrons. The highest BCUT2D eigenvalue weighted by molar-refractivity contribution is 6.32. The van der Waals surface area contributed by atoms with E-state index in [0.717, 1.165) is 0 Å². The van der Waals surface area contributed by atoms with Gasteiger partial charge in [0.1, 0.15) is 6.07 Å². The average molecular weight is 292 g/mol. The molecule has 0 fully saturated rings. The zero-order chi connectivity index (χ0) is 14.9. The minimum atomic E-state index is -0.621. The fourth-order valence-electron chi connectivity index (χ4n) is 1.75. The normalized spacial score (nSPS) is 14.1. The molecule has 1 aliphatic rings. The molecule has 0 atom stereocenters. The van der Waals surface area contributed by atoms with E-state index < -0.39 is 5.41 Å². The molecule has 0 aromatic heterocycles. The van der Waals surface area contributed by atoms with Crippen LogP contribution in [0.1, 0.15) is 26.3 Å². The highest BCUT2D eigenvalue weighted by Gasteiger charge is 2.25. The number of hydrogen-bond donors (Lipinski definition) is 0. The smallest absolute Gasteiger partial charge is 0.231 e. The summed E-state index contributed by atoms with van der Waals surface area (Å²) in [6.45, 7) is 5.44. The maximum atomic E-state index is 12.2. The van der Waals surface area contributed by atoms with Gasteiger partial charge in [-0.05, 0) is 17.7 Å². The van der Waals surface area contributed by atoms with Crippen LogP contribution >= 0.6 is 11.6 Å². The third-order valence-corrected chi connectivity index (χ3v) is 3.17.